The van der Waals surface area contributed by atoms with Crippen molar-refractivity contribution in [2.75, 3.05) is 37.6 Å². The molecule has 1 atom stereocenters. The van der Waals surface area contributed by atoms with Crippen molar-refractivity contribution in [3.63, 3.8) is 0 Å². The fourth-order valence-corrected chi connectivity index (χ4v) is 2.84. The summed E-state index contributed by atoms with van der Waals surface area (Å²) in [5.41, 5.74) is 0.0137. The molecular formula is C17H23F2N3O2. The zero-order valence-electron chi connectivity index (χ0n) is 14.0. The van der Waals surface area contributed by atoms with E-state index in [1.54, 1.807) is 0 Å². The van der Waals surface area contributed by atoms with Gasteiger partial charge in [0.1, 0.15) is 11.6 Å². The molecule has 1 aliphatic rings. The summed E-state index contributed by atoms with van der Waals surface area (Å²) in [7, 11) is 0. The Bertz CT molecular complexity index is 605. The number of carbonyl (C=O) groups is 2. The van der Waals surface area contributed by atoms with Crippen LogP contribution in [-0.2, 0) is 9.59 Å². The number of halogens is 2. The molecule has 0 unspecified atom stereocenters. The van der Waals surface area contributed by atoms with Crippen LogP contribution in [0.15, 0.2) is 18.2 Å². The Morgan fingerprint density at radius 2 is 2.04 bits per heavy atom. The van der Waals surface area contributed by atoms with Gasteiger partial charge in [-0.05, 0) is 25.2 Å². The standard InChI is InChI=1S/C17H23F2N3O2/c1-3-21(4-2)8-7-20-17(24)12-9-16(23)22(11-12)15-6-5-13(18)10-14(15)19/h5-6,10,12H,3-4,7-9,11H2,1-2H3,(H,20,24)/t12-/m1/s1. The second kappa shape index (κ2) is 8.19. The van der Waals surface area contributed by atoms with E-state index in [4.69, 9.17) is 0 Å². The van der Waals surface area contributed by atoms with Gasteiger partial charge in [-0.15, -0.1) is 0 Å². The van der Waals surface area contributed by atoms with Gasteiger partial charge in [0.15, 0.2) is 0 Å². The molecule has 1 fully saturated rings. The van der Waals surface area contributed by atoms with Gasteiger partial charge in [0.2, 0.25) is 11.8 Å². The first-order chi connectivity index (χ1) is 11.5. The number of nitrogens with zero attached hydrogens (tertiary/aromatic N) is 2. The predicted octanol–water partition coefficient (Wildman–Crippen LogP) is 1.78. The van der Waals surface area contributed by atoms with Crippen molar-refractivity contribution in [3.8, 4) is 0 Å². The highest BCUT2D eigenvalue weighted by Gasteiger charge is 2.36. The Balaban J connectivity index is 1.93. The third kappa shape index (κ3) is 4.29. The maximum absolute atomic E-state index is 13.8. The fourth-order valence-electron chi connectivity index (χ4n) is 2.84. The number of benzene rings is 1. The smallest absolute Gasteiger partial charge is 0.227 e. The van der Waals surface area contributed by atoms with E-state index in [0.717, 1.165) is 31.8 Å². The van der Waals surface area contributed by atoms with Crippen molar-refractivity contribution in [1.29, 1.82) is 0 Å². The van der Waals surface area contributed by atoms with Crippen LogP contribution in [0.4, 0.5) is 14.5 Å². The molecule has 0 spiro atoms. The average molecular weight is 339 g/mol. The minimum absolute atomic E-state index is 0.0137. The van der Waals surface area contributed by atoms with E-state index in [9.17, 15) is 18.4 Å². The van der Waals surface area contributed by atoms with Crippen molar-refractivity contribution < 1.29 is 18.4 Å². The first-order valence-corrected chi connectivity index (χ1v) is 8.21. The van der Waals surface area contributed by atoms with E-state index < -0.39 is 17.6 Å². The molecule has 24 heavy (non-hydrogen) atoms. The van der Waals surface area contributed by atoms with Gasteiger partial charge in [-0.3, -0.25) is 9.59 Å². The Labute approximate surface area is 140 Å². The van der Waals surface area contributed by atoms with Crippen LogP contribution >= 0.6 is 0 Å². The molecule has 1 saturated heterocycles. The van der Waals surface area contributed by atoms with Crippen LogP contribution in [0.2, 0.25) is 0 Å². The molecule has 0 aromatic heterocycles. The first kappa shape index (κ1) is 18.3. The van der Waals surface area contributed by atoms with E-state index in [1.165, 1.54) is 11.0 Å². The molecule has 0 radical (unpaired) electrons. The molecule has 2 rings (SSSR count). The summed E-state index contributed by atoms with van der Waals surface area (Å²) in [5.74, 6) is -2.55. The zero-order chi connectivity index (χ0) is 17.7. The highest BCUT2D eigenvalue weighted by molar-refractivity contribution is 6.00. The van der Waals surface area contributed by atoms with Crippen molar-refractivity contribution in [1.82, 2.24) is 10.2 Å². The van der Waals surface area contributed by atoms with Gasteiger partial charge in [-0.2, -0.15) is 0 Å². The predicted molar refractivity (Wildman–Crippen MR) is 87.6 cm³/mol. The highest BCUT2D eigenvalue weighted by Crippen LogP contribution is 2.27. The summed E-state index contributed by atoms with van der Waals surface area (Å²) in [6.07, 6.45) is 0.0356. The lowest BCUT2D eigenvalue weighted by Crippen LogP contribution is -2.38. The summed E-state index contributed by atoms with van der Waals surface area (Å²) >= 11 is 0. The molecule has 0 saturated carbocycles. The Morgan fingerprint density at radius 3 is 2.67 bits per heavy atom. The molecule has 7 heteroatoms. The number of anilines is 1. The van der Waals surface area contributed by atoms with Gasteiger partial charge >= 0.3 is 0 Å². The lowest BCUT2D eigenvalue weighted by Gasteiger charge is -2.19. The van der Waals surface area contributed by atoms with Crippen molar-refractivity contribution in [2.24, 2.45) is 5.92 Å². The van der Waals surface area contributed by atoms with Gasteiger partial charge in [-0.25, -0.2) is 8.78 Å². The molecule has 132 valence electrons. The molecule has 1 aromatic carbocycles. The lowest BCUT2D eigenvalue weighted by atomic mass is 10.1. The summed E-state index contributed by atoms with van der Waals surface area (Å²) in [5, 5.41) is 2.83. The first-order valence-electron chi connectivity index (χ1n) is 8.21. The molecular weight excluding hydrogens is 316 g/mol. The van der Waals surface area contributed by atoms with Crippen LogP contribution in [0.3, 0.4) is 0 Å². The molecule has 1 heterocycles. The van der Waals surface area contributed by atoms with E-state index >= 15 is 0 Å². The van der Waals surface area contributed by atoms with Crippen LogP contribution in [0, 0.1) is 17.6 Å². The van der Waals surface area contributed by atoms with Crippen LogP contribution in [0.1, 0.15) is 20.3 Å². The monoisotopic (exact) mass is 339 g/mol. The van der Waals surface area contributed by atoms with Gasteiger partial charge in [-0.1, -0.05) is 13.8 Å². The molecule has 1 aliphatic heterocycles. The minimum atomic E-state index is -0.800. The van der Waals surface area contributed by atoms with Crippen molar-refractivity contribution in [2.45, 2.75) is 20.3 Å². The third-order valence-electron chi connectivity index (χ3n) is 4.32. The highest BCUT2D eigenvalue weighted by atomic mass is 19.1. The molecule has 0 aliphatic carbocycles. The molecule has 1 N–H and O–H groups in total. The summed E-state index contributed by atoms with van der Waals surface area (Å²) in [6.45, 7) is 7.29. The molecule has 1 aromatic rings. The van der Waals surface area contributed by atoms with Crippen molar-refractivity contribution in [3.05, 3.63) is 29.8 Å². The Morgan fingerprint density at radius 1 is 1.33 bits per heavy atom. The third-order valence-corrected chi connectivity index (χ3v) is 4.32. The zero-order valence-corrected chi connectivity index (χ0v) is 14.0. The van der Waals surface area contributed by atoms with Gasteiger partial charge in [0.05, 0.1) is 11.6 Å². The lowest BCUT2D eigenvalue weighted by molar-refractivity contribution is -0.126. The quantitative estimate of drug-likeness (QED) is 0.824. The Kier molecular flexibility index (Phi) is 6.25. The maximum atomic E-state index is 13.8. The number of hydrogen-bond donors (Lipinski definition) is 1. The SMILES string of the molecule is CCN(CC)CCNC(=O)[C@@H]1CC(=O)N(c2ccc(F)cc2F)C1. The van der Waals surface area contributed by atoms with E-state index in [1.807, 2.05) is 0 Å². The number of rotatable bonds is 7. The van der Waals surface area contributed by atoms with E-state index in [0.29, 0.717) is 6.54 Å². The summed E-state index contributed by atoms with van der Waals surface area (Å²) < 4.78 is 26.8. The Hall–Kier alpha value is -2.02. The average Bonchev–Trinajstić information content (AvgIpc) is 2.93. The number of hydrogen-bond acceptors (Lipinski definition) is 3. The van der Waals surface area contributed by atoms with Crippen LogP contribution in [-0.4, -0.2) is 49.4 Å². The van der Waals surface area contributed by atoms with Crippen LogP contribution in [0.25, 0.3) is 0 Å². The van der Waals surface area contributed by atoms with Gasteiger partial charge < -0.3 is 15.1 Å². The normalized spacial score (nSPS) is 17.6. The molecule has 0 bridgehead atoms. The number of nitrogens with one attached hydrogen (secondary N) is 1. The molecule has 5 nitrogen and oxygen atoms in total. The summed E-state index contributed by atoms with van der Waals surface area (Å²) in [6, 6.07) is 3.06. The number of amides is 2. The largest absolute Gasteiger partial charge is 0.355 e. The van der Waals surface area contributed by atoms with E-state index in [-0.39, 0.29) is 30.5 Å². The second-order valence-corrected chi connectivity index (χ2v) is 5.82. The van der Waals surface area contributed by atoms with Crippen molar-refractivity contribution >= 4 is 17.5 Å². The van der Waals surface area contributed by atoms with Gasteiger partial charge in [0, 0.05) is 32.1 Å². The fraction of sp³-hybridized carbons (Fsp3) is 0.529. The molecule has 2 amide bonds. The maximum Gasteiger partial charge on any atom is 0.227 e. The topological polar surface area (TPSA) is 52.7 Å². The second-order valence-electron chi connectivity index (χ2n) is 5.82. The number of likely N-dealkylation sites (N-methyl/N-ethyl adjacent to an activating group) is 1. The minimum Gasteiger partial charge on any atom is -0.355 e. The number of carbonyl (C=O) groups excluding carboxylic acids is 2. The van der Waals surface area contributed by atoms with Crippen LogP contribution in [0.5, 0.6) is 0 Å². The van der Waals surface area contributed by atoms with Gasteiger partial charge in [0.25, 0.3) is 0 Å². The van der Waals surface area contributed by atoms with E-state index in [2.05, 4.69) is 24.1 Å². The van der Waals surface area contributed by atoms with Crippen LogP contribution < -0.4 is 10.2 Å². The summed E-state index contributed by atoms with van der Waals surface area (Å²) in [4.78, 5) is 27.7.